The van der Waals surface area contributed by atoms with E-state index >= 15 is 0 Å². The summed E-state index contributed by atoms with van der Waals surface area (Å²) < 4.78 is 1.74. The summed E-state index contributed by atoms with van der Waals surface area (Å²) >= 11 is 0. The smallest absolute Gasteiger partial charge is 0.255 e. The molecule has 1 amide bonds. The largest absolute Gasteiger partial charge is 0.507 e. The maximum atomic E-state index is 12.1. The molecule has 2 aromatic rings. The Bertz CT molecular complexity index is 632. The molecule has 106 valence electrons. The van der Waals surface area contributed by atoms with Gasteiger partial charge in [-0.2, -0.15) is 5.10 Å². The van der Waals surface area contributed by atoms with E-state index in [2.05, 4.69) is 10.4 Å². The van der Waals surface area contributed by atoms with E-state index in [1.807, 2.05) is 27.1 Å². The lowest BCUT2D eigenvalue weighted by Crippen LogP contribution is -2.23. The number of phenolic OH excluding ortho intramolecular Hbond substituents is 1. The topological polar surface area (TPSA) is 67.2 Å². The van der Waals surface area contributed by atoms with E-state index in [1.54, 1.807) is 22.9 Å². The maximum absolute atomic E-state index is 12.1. The first-order valence-electron chi connectivity index (χ1n) is 6.60. The number of phenols is 1. The third-order valence-corrected chi connectivity index (χ3v) is 3.16. The van der Waals surface area contributed by atoms with Crippen molar-refractivity contribution >= 4 is 5.91 Å². The molecule has 2 N–H and O–H groups in total. The Labute approximate surface area is 118 Å². The molecule has 0 atom stereocenters. The number of nitrogens with zero attached hydrogens (tertiary/aromatic N) is 2. The van der Waals surface area contributed by atoms with Crippen molar-refractivity contribution in [3.05, 3.63) is 46.8 Å². The fourth-order valence-electron chi connectivity index (χ4n) is 2.13. The van der Waals surface area contributed by atoms with Crippen LogP contribution in [-0.4, -0.2) is 20.8 Å². The molecule has 0 saturated heterocycles. The fourth-order valence-corrected chi connectivity index (χ4v) is 2.13. The Kier molecular flexibility index (Phi) is 4.08. The van der Waals surface area contributed by atoms with Gasteiger partial charge in [0, 0.05) is 25.4 Å². The summed E-state index contributed by atoms with van der Waals surface area (Å²) in [6, 6.07) is 5.01. The Morgan fingerprint density at radius 3 is 2.85 bits per heavy atom. The van der Waals surface area contributed by atoms with Crippen LogP contribution in [0.15, 0.2) is 24.4 Å². The highest BCUT2D eigenvalue weighted by atomic mass is 16.3. The zero-order chi connectivity index (χ0) is 14.7. The Hall–Kier alpha value is -2.30. The third-order valence-electron chi connectivity index (χ3n) is 3.16. The van der Waals surface area contributed by atoms with E-state index in [0.29, 0.717) is 6.54 Å². The molecule has 0 radical (unpaired) electrons. The molecule has 0 spiro atoms. The number of nitrogens with one attached hydrogen (secondary N) is 1. The summed E-state index contributed by atoms with van der Waals surface area (Å²) in [6.45, 7) is 4.30. The molecule has 0 aliphatic heterocycles. The van der Waals surface area contributed by atoms with Gasteiger partial charge >= 0.3 is 0 Å². The minimum atomic E-state index is -0.284. The van der Waals surface area contributed by atoms with Gasteiger partial charge < -0.3 is 10.4 Å². The number of aryl methyl sites for hydroxylation is 3. The lowest BCUT2D eigenvalue weighted by atomic mass is 10.1. The van der Waals surface area contributed by atoms with Gasteiger partial charge in [-0.1, -0.05) is 13.0 Å². The van der Waals surface area contributed by atoms with Crippen LogP contribution in [0.1, 0.15) is 34.1 Å². The number of carbonyl (C=O) groups excluding carboxylic acids is 1. The number of carbonyl (C=O) groups is 1. The lowest BCUT2D eigenvalue weighted by molar-refractivity contribution is 0.0948. The van der Waals surface area contributed by atoms with Crippen molar-refractivity contribution < 1.29 is 9.90 Å². The predicted molar refractivity (Wildman–Crippen MR) is 76.6 cm³/mol. The second kappa shape index (κ2) is 5.77. The first-order valence-corrected chi connectivity index (χ1v) is 6.60. The zero-order valence-corrected chi connectivity index (χ0v) is 12.0. The van der Waals surface area contributed by atoms with Crippen LogP contribution >= 0.6 is 0 Å². The average Bonchev–Trinajstić information content (AvgIpc) is 2.76. The van der Waals surface area contributed by atoms with E-state index in [-0.39, 0.29) is 17.2 Å². The van der Waals surface area contributed by atoms with Crippen molar-refractivity contribution in [1.82, 2.24) is 15.1 Å². The van der Waals surface area contributed by atoms with Gasteiger partial charge in [0.05, 0.1) is 11.3 Å². The lowest BCUT2D eigenvalue weighted by Gasteiger charge is -2.07. The Morgan fingerprint density at radius 2 is 2.20 bits per heavy atom. The van der Waals surface area contributed by atoms with Gasteiger partial charge in [0.15, 0.2) is 0 Å². The van der Waals surface area contributed by atoms with Crippen molar-refractivity contribution in [1.29, 1.82) is 0 Å². The van der Waals surface area contributed by atoms with Gasteiger partial charge in [0.1, 0.15) is 5.75 Å². The van der Waals surface area contributed by atoms with E-state index in [4.69, 9.17) is 0 Å². The van der Waals surface area contributed by atoms with Crippen LogP contribution in [0.3, 0.4) is 0 Å². The maximum Gasteiger partial charge on any atom is 0.255 e. The molecule has 0 aliphatic rings. The van der Waals surface area contributed by atoms with Crippen molar-refractivity contribution in [2.75, 3.05) is 0 Å². The molecular formula is C15H19N3O2. The second-order valence-electron chi connectivity index (χ2n) is 4.83. The van der Waals surface area contributed by atoms with Crippen LogP contribution in [0.4, 0.5) is 0 Å². The number of aromatic hydroxyl groups is 1. The number of rotatable bonds is 4. The summed E-state index contributed by atoms with van der Waals surface area (Å²) in [5.74, 6) is -0.280. The van der Waals surface area contributed by atoms with Gasteiger partial charge in [0.2, 0.25) is 0 Å². The molecule has 0 fully saturated rings. The quantitative estimate of drug-likeness (QED) is 0.894. The highest BCUT2D eigenvalue weighted by Crippen LogP contribution is 2.18. The molecule has 0 unspecified atom stereocenters. The standard InChI is InChI=1S/C15H19N3O2/c1-4-13-11(9-18(3)17-13)8-16-15(20)12-6-5-10(2)7-14(12)19/h5-7,9,19H,4,8H2,1-3H3,(H,16,20). The monoisotopic (exact) mass is 273 g/mol. The number of hydrogen-bond acceptors (Lipinski definition) is 3. The fraction of sp³-hybridized carbons (Fsp3) is 0.333. The minimum Gasteiger partial charge on any atom is -0.507 e. The summed E-state index contributed by atoms with van der Waals surface area (Å²) in [5.41, 5.74) is 3.17. The number of amides is 1. The Morgan fingerprint density at radius 1 is 1.45 bits per heavy atom. The summed E-state index contributed by atoms with van der Waals surface area (Å²) in [5, 5.41) is 16.9. The first kappa shape index (κ1) is 14.1. The van der Waals surface area contributed by atoms with Crippen LogP contribution < -0.4 is 5.32 Å². The minimum absolute atomic E-state index is 0.00408. The van der Waals surface area contributed by atoms with Gasteiger partial charge in [-0.3, -0.25) is 9.48 Å². The molecule has 1 heterocycles. The van der Waals surface area contributed by atoms with Crippen molar-refractivity contribution in [2.45, 2.75) is 26.8 Å². The van der Waals surface area contributed by atoms with Crippen LogP contribution in [0.5, 0.6) is 5.75 Å². The van der Waals surface area contributed by atoms with Crippen LogP contribution in [0.2, 0.25) is 0 Å². The van der Waals surface area contributed by atoms with Crippen molar-refractivity contribution in [3.8, 4) is 5.75 Å². The van der Waals surface area contributed by atoms with E-state index in [0.717, 1.165) is 23.2 Å². The SMILES string of the molecule is CCc1nn(C)cc1CNC(=O)c1ccc(C)cc1O. The normalized spacial score (nSPS) is 10.6. The van der Waals surface area contributed by atoms with Crippen molar-refractivity contribution in [2.24, 2.45) is 7.05 Å². The molecular weight excluding hydrogens is 254 g/mol. The van der Waals surface area contributed by atoms with Crippen molar-refractivity contribution in [3.63, 3.8) is 0 Å². The van der Waals surface area contributed by atoms with E-state index in [9.17, 15) is 9.90 Å². The van der Waals surface area contributed by atoms with Gasteiger partial charge in [-0.25, -0.2) is 0 Å². The molecule has 1 aromatic heterocycles. The van der Waals surface area contributed by atoms with E-state index < -0.39 is 0 Å². The van der Waals surface area contributed by atoms with Crippen LogP contribution in [0.25, 0.3) is 0 Å². The highest BCUT2D eigenvalue weighted by molar-refractivity contribution is 5.96. The van der Waals surface area contributed by atoms with E-state index in [1.165, 1.54) is 0 Å². The molecule has 5 nitrogen and oxygen atoms in total. The zero-order valence-electron chi connectivity index (χ0n) is 12.0. The van der Waals surface area contributed by atoms with Gasteiger partial charge in [-0.05, 0) is 31.0 Å². The van der Waals surface area contributed by atoms with Gasteiger partial charge in [-0.15, -0.1) is 0 Å². The third kappa shape index (κ3) is 2.99. The molecule has 0 aliphatic carbocycles. The molecule has 0 saturated carbocycles. The molecule has 20 heavy (non-hydrogen) atoms. The highest BCUT2D eigenvalue weighted by Gasteiger charge is 2.12. The predicted octanol–water partition coefficient (Wildman–Crippen LogP) is 1.93. The molecule has 2 rings (SSSR count). The molecule has 1 aromatic carbocycles. The van der Waals surface area contributed by atoms with Crippen LogP contribution in [-0.2, 0) is 20.0 Å². The average molecular weight is 273 g/mol. The summed E-state index contributed by atoms with van der Waals surface area (Å²) in [6.07, 6.45) is 2.72. The number of benzene rings is 1. The number of aromatic nitrogens is 2. The Balaban J connectivity index is 2.08. The van der Waals surface area contributed by atoms with Crippen LogP contribution in [0, 0.1) is 6.92 Å². The second-order valence-corrected chi connectivity index (χ2v) is 4.83. The molecule has 5 heteroatoms. The number of hydrogen-bond donors (Lipinski definition) is 2. The summed E-state index contributed by atoms with van der Waals surface area (Å²) in [4.78, 5) is 12.1. The first-order chi connectivity index (χ1) is 9.51. The van der Waals surface area contributed by atoms with Gasteiger partial charge in [0.25, 0.3) is 5.91 Å². The molecule has 0 bridgehead atoms. The summed E-state index contributed by atoms with van der Waals surface area (Å²) in [7, 11) is 1.86.